The molecule has 2 aromatic carbocycles. The Morgan fingerprint density at radius 2 is 1.97 bits per heavy atom. The van der Waals surface area contributed by atoms with Crippen molar-refractivity contribution in [2.45, 2.75) is 48.5 Å². The molecule has 1 spiro atoms. The molecule has 1 N–H and O–H groups in total. The molecule has 4 aromatic rings. The van der Waals surface area contributed by atoms with Gasteiger partial charge in [-0.25, -0.2) is 13.4 Å². The van der Waals surface area contributed by atoms with E-state index in [1.165, 1.54) is 35.3 Å². The number of rotatable bonds is 6. The fraction of sp³-hybridized carbons (Fsp3) is 0.308. The molecule has 13 heteroatoms. The minimum Gasteiger partial charge on any atom is -0.487 e. The molecule has 1 atom stereocenters. The highest BCUT2D eigenvalue weighted by Gasteiger charge is 2.47. The minimum absolute atomic E-state index is 0.0108. The second kappa shape index (κ2) is 9.26. The van der Waals surface area contributed by atoms with Crippen LogP contribution in [0.5, 0.6) is 11.5 Å². The summed E-state index contributed by atoms with van der Waals surface area (Å²) in [6.07, 6.45) is 0.880. The van der Waals surface area contributed by atoms with E-state index in [9.17, 15) is 21.6 Å². The van der Waals surface area contributed by atoms with E-state index >= 15 is 0 Å². The van der Waals surface area contributed by atoms with Crippen molar-refractivity contribution in [1.82, 2.24) is 14.8 Å². The lowest BCUT2D eigenvalue weighted by Crippen LogP contribution is -2.47. The van der Waals surface area contributed by atoms with E-state index in [-0.39, 0.29) is 21.3 Å². The molecule has 39 heavy (non-hydrogen) atoms. The molecule has 1 unspecified atom stereocenters. The highest BCUT2D eigenvalue weighted by Crippen LogP contribution is 2.51. The summed E-state index contributed by atoms with van der Waals surface area (Å²) < 4.78 is 83.4. The van der Waals surface area contributed by atoms with Gasteiger partial charge >= 0.3 is 6.18 Å². The summed E-state index contributed by atoms with van der Waals surface area (Å²) in [5, 5.41) is 6.02. The normalized spacial score (nSPS) is 18.2. The molecule has 1 fully saturated rings. The number of hydrogen-bond donors (Lipinski definition) is 1. The lowest BCUT2D eigenvalue weighted by molar-refractivity contribution is -0.137. The number of aryl methyl sites for hydroxylation is 1. The average Bonchev–Trinajstić information content (AvgIpc) is 3.53. The summed E-state index contributed by atoms with van der Waals surface area (Å²) in [6, 6.07) is 9.57. The van der Waals surface area contributed by atoms with E-state index in [1.807, 2.05) is 0 Å². The first-order valence-corrected chi connectivity index (χ1v) is 14.5. The second-order valence-electron chi connectivity index (χ2n) is 9.64. The standard InChI is InChI=1S/C26H23F3N4O4S2/c1-33-20(7-10-31-33)19-13-16(26(27,28)29)3-6-21(19)36-23-15-25(8-2-9-25)37-22-14-17(4-5-18(22)23)39(34,35)32-24-30-11-12-38-24/h3-7,10-14,23H,2,8-9,15H2,1H3,(H,30,32). The third-order valence-corrected chi connectivity index (χ3v) is 9.27. The molecule has 2 aliphatic rings. The zero-order valence-corrected chi connectivity index (χ0v) is 22.2. The van der Waals surface area contributed by atoms with Crippen molar-refractivity contribution in [2.24, 2.45) is 7.05 Å². The Morgan fingerprint density at radius 3 is 2.62 bits per heavy atom. The minimum atomic E-state index is -4.53. The lowest BCUT2D eigenvalue weighted by atomic mass is 9.73. The van der Waals surface area contributed by atoms with Gasteiger partial charge in [0.15, 0.2) is 5.13 Å². The van der Waals surface area contributed by atoms with Crippen LogP contribution in [0, 0.1) is 0 Å². The summed E-state index contributed by atoms with van der Waals surface area (Å²) in [4.78, 5) is 3.99. The fourth-order valence-electron chi connectivity index (χ4n) is 4.99. The summed E-state index contributed by atoms with van der Waals surface area (Å²) in [5.41, 5.74) is 0.0263. The zero-order chi connectivity index (χ0) is 27.4. The van der Waals surface area contributed by atoms with Gasteiger partial charge in [0.25, 0.3) is 10.0 Å². The van der Waals surface area contributed by atoms with Gasteiger partial charge in [-0.2, -0.15) is 18.3 Å². The molecular formula is C26H23F3N4O4S2. The number of halogens is 3. The number of thiazole rings is 1. The molecule has 1 aliphatic heterocycles. The van der Waals surface area contributed by atoms with E-state index in [2.05, 4.69) is 14.8 Å². The van der Waals surface area contributed by atoms with Crippen LogP contribution in [0.3, 0.4) is 0 Å². The van der Waals surface area contributed by atoms with Crippen LogP contribution in [0.2, 0.25) is 0 Å². The highest BCUT2D eigenvalue weighted by molar-refractivity contribution is 7.93. The van der Waals surface area contributed by atoms with Crippen LogP contribution in [-0.2, 0) is 23.2 Å². The maximum absolute atomic E-state index is 13.6. The van der Waals surface area contributed by atoms with Gasteiger partial charge in [-0.05, 0) is 49.6 Å². The van der Waals surface area contributed by atoms with Crippen LogP contribution in [0.1, 0.15) is 42.9 Å². The number of aromatic nitrogens is 3. The van der Waals surface area contributed by atoms with Gasteiger partial charge in [0.1, 0.15) is 23.2 Å². The van der Waals surface area contributed by atoms with Gasteiger partial charge in [0.05, 0.1) is 16.2 Å². The van der Waals surface area contributed by atoms with Crippen LogP contribution < -0.4 is 14.2 Å². The third-order valence-electron chi connectivity index (χ3n) is 7.12. The first kappa shape index (κ1) is 25.7. The molecule has 2 aromatic heterocycles. The van der Waals surface area contributed by atoms with Crippen LogP contribution in [0.25, 0.3) is 11.3 Å². The molecule has 6 rings (SSSR count). The monoisotopic (exact) mass is 576 g/mol. The zero-order valence-electron chi connectivity index (χ0n) is 20.6. The van der Waals surface area contributed by atoms with Gasteiger partial charge in [-0.15, -0.1) is 11.3 Å². The van der Waals surface area contributed by atoms with Crippen molar-refractivity contribution in [1.29, 1.82) is 0 Å². The van der Waals surface area contributed by atoms with Crippen molar-refractivity contribution in [3.05, 3.63) is 71.4 Å². The summed E-state index contributed by atoms with van der Waals surface area (Å²) in [5.74, 6) is 0.642. The van der Waals surface area contributed by atoms with E-state index in [1.54, 1.807) is 24.6 Å². The maximum Gasteiger partial charge on any atom is 0.416 e. The van der Waals surface area contributed by atoms with Gasteiger partial charge in [-0.1, -0.05) is 6.07 Å². The Bertz CT molecular complexity index is 1630. The van der Waals surface area contributed by atoms with Crippen molar-refractivity contribution < 1.29 is 31.1 Å². The molecule has 1 saturated carbocycles. The summed E-state index contributed by atoms with van der Waals surface area (Å²) in [7, 11) is -2.27. The predicted octanol–water partition coefficient (Wildman–Crippen LogP) is 6.19. The average molecular weight is 577 g/mol. The van der Waals surface area contributed by atoms with Crippen LogP contribution in [-0.4, -0.2) is 28.8 Å². The van der Waals surface area contributed by atoms with Crippen molar-refractivity contribution in [3.8, 4) is 22.8 Å². The number of benzene rings is 2. The first-order chi connectivity index (χ1) is 18.5. The lowest BCUT2D eigenvalue weighted by Gasteiger charge is -2.47. The number of ether oxygens (including phenoxy) is 2. The summed E-state index contributed by atoms with van der Waals surface area (Å²) >= 11 is 1.16. The molecule has 0 saturated heterocycles. The smallest absolute Gasteiger partial charge is 0.416 e. The topological polar surface area (TPSA) is 95.3 Å². The summed E-state index contributed by atoms with van der Waals surface area (Å²) in [6.45, 7) is 0. The van der Waals surface area contributed by atoms with E-state index in [0.717, 1.165) is 42.7 Å². The fourth-order valence-corrected chi connectivity index (χ4v) is 6.79. The number of nitrogens with zero attached hydrogens (tertiary/aromatic N) is 3. The molecule has 8 nitrogen and oxygen atoms in total. The van der Waals surface area contributed by atoms with E-state index in [0.29, 0.717) is 23.4 Å². The van der Waals surface area contributed by atoms with Crippen LogP contribution in [0.4, 0.5) is 18.3 Å². The molecule has 0 bridgehead atoms. The molecular weight excluding hydrogens is 553 g/mol. The number of sulfonamides is 1. The Kier molecular flexibility index (Phi) is 6.10. The SMILES string of the molecule is Cn1nccc1-c1cc(C(F)(F)F)ccc1OC1CC2(CCC2)Oc2cc(S(=O)(=O)Nc3nccs3)ccc21. The number of hydrogen-bond acceptors (Lipinski definition) is 7. The Hall–Kier alpha value is -3.58. The molecule has 1 aliphatic carbocycles. The maximum atomic E-state index is 13.6. The molecule has 204 valence electrons. The van der Waals surface area contributed by atoms with Crippen molar-refractivity contribution >= 4 is 26.5 Å². The third kappa shape index (κ3) is 4.84. The Morgan fingerprint density at radius 1 is 1.15 bits per heavy atom. The first-order valence-electron chi connectivity index (χ1n) is 12.1. The Balaban J connectivity index is 1.38. The van der Waals surface area contributed by atoms with Crippen molar-refractivity contribution in [2.75, 3.05) is 4.72 Å². The number of nitrogens with one attached hydrogen (secondary N) is 1. The number of alkyl halides is 3. The highest BCUT2D eigenvalue weighted by atomic mass is 32.2. The predicted molar refractivity (Wildman–Crippen MR) is 138 cm³/mol. The van der Waals surface area contributed by atoms with Crippen LogP contribution >= 0.6 is 11.3 Å². The molecule has 0 amide bonds. The second-order valence-corrected chi connectivity index (χ2v) is 12.2. The number of fused-ring (bicyclic) bond motifs is 1. The quantitative estimate of drug-likeness (QED) is 0.294. The van der Waals surface area contributed by atoms with Crippen molar-refractivity contribution in [3.63, 3.8) is 0 Å². The number of anilines is 1. The largest absolute Gasteiger partial charge is 0.487 e. The van der Waals surface area contributed by atoms with E-state index < -0.39 is 33.5 Å². The Labute approximate surface area is 226 Å². The van der Waals surface area contributed by atoms with E-state index in [4.69, 9.17) is 9.47 Å². The van der Waals surface area contributed by atoms with Gasteiger partial charge in [0.2, 0.25) is 0 Å². The van der Waals surface area contributed by atoms with Crippen LogP contribution in [0.15, 0.2) is 65.1 Å². The van der Waals surface area contributed by atoms with Gasteiger partial charge in [0, 0.05) is 48.4 Å². The molecule has 3 heterocycles. The van der Waals surface area contributed by atoms with Gasteiger partial charge < -0.3 is 9.47 Å². The molecule has 0 radical (unpaired) electrons. The van der Waals surface area contributed by atoms with Gasteiger partial charge in [-0.3, -0.25) is 9.40 Å².